The Morgan fingerprint density at radius 2 is 0.576 bits per heavy atom. The lowest BCUT2D eigenvalue weighted by atomic mass is 10.0. The van der Waals surface area contributed by atoms with Crippen molar-refractivity contribution < 1.29 is 42.1 Å². The summed E-state index contributed by atoms with van der Waals surface area (Å²) in [4.78, 5) is 36.0. The molecule has 0 saturated carbocycles. The minimum atomic E-state index is -4.40. The van der Waals surface area contributed by atoms with Gasteiger partial charge in [0, 0.05) is 12.8 Å². The number of nitrogens with zero attached hydrogens (tertiary/aromatic N) is 1. The van der Waals surface area contributed by atoms with Crippen molar-refractivity contribution in [1.82, 2.24) is 0 Å². The fraction of sp³-hybridized carbons (Fsp3) is 0.798. The van der Waals surface area contributed by atoms with E-state index in [1.807, 2.05) is 21.1 Å². The zero-order chi connectivity index (χ0) is 71.8. The summed E-state index contributed by atoms with van der Waals surface area (Å²) in [6, 6.07) is 0. The van der Waals surface area contributed by atoms with Crippen molar-refractivity contribution in [3.8, 4) is 0 Å². The summed E-state index contributed by atoms with van der Waals surface area (Å²) in [6.07, 6.45) is 112. The van der Waals surface area contributed by atoms with E-state index in [0.717, 1.165) is 89.9 Å². The Kier molecular flexibility index (Phi) is 76.6. The first kappa shape index (κ1) is 95.9. The Hall–Kier alpha value is -3.07. The maximum absolute atomic E-state index is 12.9. The van der Waals surface area contributed by atoms with Crippen molar-refractivity contribution in [2.75, 3.05) is 47.5 Å². The van der Waals surface area contributed by atoms with Crippen LogP contribution in [0.3, 0.4) is 0 Å². The molecule has 0 aromatic rings. The Morgan fingerprint density at radius 1 is 0.323 bits per heavy atom. The third-order valence-electron chi connectivity index (χ3n) is 18.9. The van der Waals surface area contributed by atoms with Gasteiger partial charge in [-0.2, -0.15) is 0 Å². The molecule has 576 valence electrons. The van der Waals surface area contributed by atoms with Gasteiger partial charge in [-0.1, -0.05) is 413 Å². The number of allylic oxidation sites excluding steroid dienone is 16. The molecule has 99 heavy (non-hydrogen) atoms. The average molecular weight is 1410 g/mol. The van der Waals surface area contributed by atoms with Crippen LogP contribution in [0.4, 0.5) is 0 Å². The smallest absolute Gasteiger partial charge is 0.462 e. The Labute approximate surface area is 614 Å². The van der Waals surface area contributed by atoms with E-state index in [-0.39, 0.29) is 25.6 Å². The number of unbranched alkanes of at least 4 members (excludes halogenated alkanes) is 49. The van der Waals surface area contributed by atoms with Crippen molar-refractivity contribution in [2.45, 2.75) is 412 Å². The molecule has 0 aliphatic carbocycles. The van der Waals surface area contributed by atoms with Crippen LogP contribution in [0, 0.1) is 0 Å². The van der Waals surface area contributed by atoms with Crippen LogP contribution < -0.4 is 0 Å². The van der Waals surface area contributed by atoms with Crippen molar-refractivity contribution in [1.29, 1.82) is 0 Å². The number of esters is 2. The van der Waals surface area contributed by atoms with Crippen molar-refractivity contribution in [3.05, 3.63) is 97.2 Å². The summed E-state index contributed by atoms with van der Waals surface area (Å²) in [5.41, 5.74) is 0. The molecule has 2 atom stereocenters. The highest BCUT2D eigenvalue weighted by molar-refractivity contribution is 7.47. The first-order valence-corrected chi connectivity index (χ1v) is 44.0. The SMILES string of the molecule is CC/C=C\C/C=C\C/C=C\C/C=C\C/C=C\C/C=C\C/C=C\C/C=C\CCCCCCCCCCCCCCC(=O)OC(COC(=O)CCCCCCCCCCCCCCCCCCCCCCCCCCCCCCCCCCCCCCCC)COP(=O)(O)OCC[N+](C)(C)C. The molecule has 0 amide bonds. The second-order valence-corrected chi connectivity index (χ2v) is 31.3. The number of phosphoric ester groups is 1. The molecule has 10 heteroatoms. The van der Waals surface area contributed by atoms with E-state index in [2.05, 4.69) is 111 Å². The summed E-state index contributed by atoms with van der Waals surface area (Å²) in [6.45, 7) is 4.38. The highest BCUT2D eigenvalue weighted by Crippen LogP contribution is 2.43. The van der Waals surface area contributed by atoms with E-state index in [4.69, 9.17) is 18.5 Å². The van der Waals surface area contributed by atoms with Crippen LogP contribution in [-0.4, -0.2) is 74.9 Å². The molecule has 9 nitrogen and oxygen atoms in total. The average Bonchev–Trinajstić information content (AvgIpc) is 0.999. The molecule has 2 unspecified atom stereocenters. The van der Waals surface area contributed by atoms with E-state index in [0.29, 0.717) is 23.9 Å². The van der Waals surface area contributed by atoms with Crippen molar-refractivity contribution in [2.24, 2.45) is 0 Å². The lowest BCUT2D eigenvalue weighted by Crippen LogP contribution is -2.37. The minimum Gasteiger partial charge on any atom is -0.462 e. The number of carbonyl (C=O) groups is 2. The summed E-state index contributed by atoms with van der Waals surface area (Å²) >= 11 is 0. The van der Waals surface area contributed by atoms with Gasteiger partial charge in [-0.05, 0) is 77.0 Å². The first-order chi connectivity index (χ1) is 48.5. The molecule has 0 aliphatic heterocycles. The fourth-order valence-electron chi connectivity index (χ4n) is 12.5. The van der Waals surface area contributed by atoms with Crippen LogP contribution in [0.1, 0.15) is 406 Å². The van der Waals surface area contributed by atoms with Crippen LogP contribution >= 0.6 is 7.82 Å². The van der Waals surface area contributed by atoms with Crippen LogP contribution in [0.15, 0.2) is 97.2 Å². The Bertz CT molecular complexity index is 2000. The monoisotopic (exact) mass is 1410 g/mol. The van der Waals surface area contributed by atoms with E-state index in [1.54, 1.807) is 0 Å². The second kappa shape index (κ2) is 79.1. The van der Waals surface area contributed by atoms with Crippen molar-refractivity contribution in [3.63, 3.8) is 0 Å². The number of hydrogen-bond donors (Lipinski definition) is 1. The van der Waals surface area contributed by atoms with Gasteiger partial charge in [0.1, 0.15) is 19.8 Å². The number of carbonyl (C=O) groups excluding carboxylic acids is 2. The van der Waals surface area contributed by atoms with E-state index < -0.39 is 26.5 Å². The third-order valence-corrected chi connectivity index (χ3v) is 19.9. The zero-order valence-electron chi connectivity index (χ0n) is 66.0. The van der Waals surface area contributed by atoms with Gasteiger partial charge in [0.05, 0.1) is 27.7 Å². The summed E-state index contributed by atoms with van der Waals surface area (Å²) < 4.78 is 34.9. The maximum atomic E-state index is 12.9. The molecule has 0 heterocycles. The second-order valence-electron chi connectivity index (χ2n) is 29.8. The summed E-state index contributed by atoms with van der Waals surface area (Å²) in [5, 5.41) is 0. The zero-order valence-corrected chi connectivity index (χ0v) is 66.9. The highest BCUT2D eigenvalue weighted by atomic mass is 31.2. The molecule has 0 fully saturated rings. The third kappa shape index (κ3) is 83.8. The molecule has 0 bridgehead atoms. The van der Waals surface area contributed by atoms with Crippen LogP contribution in [0.5, 0.6) is 0 Å². The fourth-order valence-corrected chi connectivity index (χ4v) is 13.2. The molecule has 1 N–H and O–H groups in total. The number of rotatable bonds is 79. The predicted octanol–water partition coefficient (Wildman–Crippen LogP) is 28.6. The number of hydrogen-bond acceptors (Lipinski definition) is 7. The van der Waals surface area contributed by atoms with Gasteiger partial charge in [-0.15, -0.1) is 0 Å². The van der Waals surface area contributed by atoms with E-state index >= 15 is 0 Å². The first-order valence-electron chi connectivity index (χ1n) is 42.5. The van der Waals surface area contributed by atoms with Crippen molar-refractivity contribution >= 4 is 19.8 Å². The standard InChI is InChI=1S/C89H162NO8P/c1-6-8-10-12-14-16-18-20-22-24-26-28-30-32-34-36-38-40-42-44-46-47-49-51-53-55-57-59-61-63-65-67-69-71-73-75-77-79-81-88(91)95-85-87(86-97-99(93,94)96-84-83-90(3,4)5)98-89(92)82-80-78-76-74-72-70-68-66-64-62-60-58-56-54-52-50-48-45-43-41-39-37-35-33-31-29-27-25-23-21-19-17-15-13-11-9-7-2/h9,11,15,17,21,23,27,29,33,35,39,41,45,48,52,54,87H,6-8,10,12-14,16,18-20,22,24-26,28,30-32,34,36-38,40,42-44,46-47,49-51,53,55-86H2,1-5H3/p+1/b11-9-,17-15-,23-21-,29-27-,35-33-,41-39-,48-45-,54-52-. The quantitative estimate of drug-likeness (QED) is 0.0211. The molecule has 0 radical (unpaired) electrons. The number of ether oxygens (including phenoxy) is 2. The lowest BCUT2D eigenvalue weighted by Gasteiger charge is -2.24. The lowest BCUT2D eigenvalue weighted by molar-refractivity contribution is -0.870. The van der Waals surface area contributed by atoms with Crippen LogP contribution in [-0.2, 0) is 32.7 Å². The van der Waals surface area contributed by atoms with Gasteiger partial charge in [-0.25, -0.2) is 4.57 Å². The number of phosphoric acid groups is 1. The summed E-state index contributed by atoms with van der Waals surface area (Å²) in [5.74, 6) is -0.784. The van der Waals surface area contributed by atoms with Gasteiger partial charge in [0.25, 0.3) is 0 Å². The minimum absolute atomic E-state index is 0.0301. The van der Waals surface area contributed by atoms with E-state index in [1.165, 1.54) is 283 Å². The molecule has 0 aromatic heterocycles. The van der Waals surface area contributed by atoms with Crippen LogP contribution in [0.2, 0.25) is 0 Å². The van der Waals surface area contributed by atoms with Gasteiger partial charge < -0.3 is 18.9 Å². The van der Waals surface area contributed by atoms with Crippen LogP contribution in [0.25, 0.3) is 0 Å². The predicted molar refractivity (Wildman–Crippen MR) is 432 cm³/mol. The molecule has 0 spiro atoms. The molecular formula is C89H163NO8P+. The largest absolute Gasteiger partial charge is 0.472 e. The molecule has 0 aliphatic rings. The molecule has 0 aromatic carbocycles. The normalized spacial score (nSPS) is 13.5. The Morgan fingerprint density at radius 3 is 0.859 bits per heavy atom. The maximum Gasteiger partial charge on any atom is 0.472 e. The highest BCUT2D eigenvalue weighted by Gasteiger charge is 2.27. The van der Waals surface area contributed by atoms with Gasteiger partial charge in [0.15, 0.2) is 6.10 Å². The topological polar surface area (TPSA) is 108 Å². The molecule has 0 saturated heterocycles. The number of quaternary nitrogens is 1. The van der Waals surface area contributed by atoms with Gasteiger partial charge >= 0.3 is 19.8 Å². The summed E-state index contributed by atoms with van der Waals surface area (Å²) in [7, 11) is 1.49. The molecular weight excluding hydrogens is 1240 g/mol. The van der Waals surface area contributed by atoms with Gasteiger partial charge in [-0.3, -0.25) is 18.6 Å². The molecule has 0 rings (SSSR count). The Balaban J connectivity index is 3.93. The van der Waals surface area contributed by atoms with E-state index in [9.17, 15) is 19.0 Å². The van der Waals surface area contributed by atoms with Gasteiger partial charge in [0.2, 0.25) is 0 Å². The number of likely N-dealkylation sites (N-methyl/N-ethyl adjacent to an activating group) is 1.